The molecule has 1 aromatic carbocycles. The van der Waals surface area contributed by atoms with E-state index in [4.69, 9.17) is 14.6 Å². The first kappa shape index (κ1) is 19.4. The van der Waals surface area contributed by atoms with Gasteiger partial charge in [0.05, 0.1) is 23.9 Å². The van der Waals surface area contributed by atoms with Crippen molar-refractivity contribution in [3.8, 4) is 5.75 Å². The molecule has 0 aliphatic carbocycles. The van der Waals surface area contributed by atoms with Gasteiger partial charge in [0.2, 0.25) is 0 Å². The number of carbonyl (C=O) groups is 2. The Hall–Kier alpha value is -2.87. The first-order valence-corrected chi connectivity index (χ1v) is 10.0. The molecule has 0 bridgehead atoms. The van der Waals surface area contributed by atoms with Crippen LogP contribution in [0, 0.1) is 0 Å². The van der Waals surface area contributed by atoms with E-state index in [0.717, 1.165) is 38.0 Å². The molecule has 8 nitrogen and oxygen atoms in total. The Bertz CT molecular complexity index is 849. The molecule has 29 heavy (non-hydrogen) atoms. The van der Waals surface area contributed by atoms with Crippen LogP contribution in [0.25, 0.3) is 0 Å². The molecule has 1 unspecified atom stereocenters. The van der Waals surface area contributed by atoms with Crippen molar-refractivity contribution < 1.29 is 24.2 Å². The van der Waals surface area contributed by atoms with Crippen LogP contribution < -0.4 is 4.74 Å². The van der Waals surface area contributed by atoms with E-state index in [-0.39, 0.29) is 23.6 Å². The van der Waals surface area contributed by atoms with Gasteiger partial charge in [0, 0.05) is 31.5 Å². The largest absolute Gasteiger partial charge is 0.491 e. The smallest absolute Gasteiger partial charge is 0.338 e. The highest BCUT2D eigenvalue weighted by Gasteiger charge is 2.25. The van der Waals surface area contributed by atoms with Crippen LogP contribution in [0.1, 0.15) is 52.4 Å². The lowest BCUT2D eigenvalue weighted by atomic mass is 10.0. The van der Waals surface area contributed by atoms with Crippen molar-refractivity contribution in [3.05, 3.63) is 47.8 Å². The normalized spacial score (nSPS) is 20.0. The number of benzene rings is 1. The van der Waals surface area contributed by atoms with Gasteiger partial charge in [-0.3, -0.25) is 9.48 Å². The topological polar surface area (TPSA) is 93.9 Å². The molecule has 1 atom stereocenters. The van der Waals surface area contributed by atoms with Gasteiger partial charge in [0.1, 0.15) is 12.4 Å². The molecular weight excluding hydrogens is 374 g/mol. The lowest BCUT2D eigenvalue weighted by Crippen LogP contribution is -2.39. The average molecular weight is 399 g/mol. The summed E-state index contributed by atoms with van der Waals surface area (Å²) in [5, 5.41) is 13.2. The van der Waals surface area contributed by atoms with Crippen molar-refractivity contribution >= 4 is 11.9 Å². The highest BCUT2D eigenvalue weighted by molar-refractivity contribution is 5.94. The molecule has 8 heteroatoms. The minimum absolute atomic E-state index is 0.000756. The molecule has 2 aromatic rings. The highest BCUT2D eigenvalue weighted by Crippen LogP contribution is 2.24. The van der Waals surface area contributed by atoms with Crippen LogP contribution in [-0.2, 0) is 4.74 Å². The highest BCUT2D eigenvalue weighted by atomic mass is 16.5. The maximum absolute atomic E-state index is 12.8. The van der Waals surface area contributed by atoms with E-state index < -0.39 is 5.97 Å². The number of rotatable bonds is 6. The molecule has 1 aromatic heterocycles. The van der Waals surface area contributed by atoms with E-state index in [1.165, 1.54) is 6.20 Å². The van der Waals surface area contributed by atoms with Gasteiger partial charge in [0.25, 0.3) is 5.91 Å². The van der Waals surface area contributed by atoms with E-state index >= 15 is 0 Å². The van der Waals surface area contributed by atoms with E-state index in [1.54, 1.807) is 23.0 Å². The predicted octanol–water partition coefficient (Wildman–Crippen LogP) is 2.62. The molecule has 1 amide bonds. The summed E-state index contributed by atoms with van der Waals surface area (Å²) in [6.07, 6.45) is 6.69. The van der Waals surface area contributed by atoms with E-state index in [2.05, 4.69) is 5.10 Å². The third-order valence-corrected chi connectivity index (χ3v) is 5.54. The first-order valence-electron chi connectivity index (χ1n) is 10.0. The number of hydrogen-bond acceptors (Lipinski definition) is 5. The molecule has 154 valence electrons. The first-order chi connectivity index (χ1) is 14.1. The molecule has 2 saturated heterocycles. The van der Waals surface area contributed by atoms with Crippen LogP contribution in [0.5, 0.6) is 5.75 Å². The number of nitrogens with zero attached hydrogens (tertiary/aromatic N) is 3. The number of likely N-dealkylation sites (tertiary alicyclic amines) is 1. The standard InChI is InChI=1S/C21H25N3O5/c25-20(15-3-5-18(6-4-15)29-14-19-2-1-11-28-19)23-9-7-17(8-10-23)24-13-16(12-22-24)21(26)27/h3-6,12-13,17,19H,1-2,7-11,14H2,(H,26,27). The second-order valence-corrected chi connectivity index (χ2v) is 7.51. The monoisotopic (exact) mass is 399 g/mol. The molecule has 0 radical (unpaired) electrons. The van der Waals surface area contributed by atoms with Crippen molar-refractivity contribution in [2.75, 3.05) is 26.3 Å². The number of piperidine rings is 1. The minimum atomic E-state index is -0.980. The van der Waals surface area contributed by atoms with Gasteiger partial charge in [-0.05, 0) is 49.9 Å². The van der Waals surface area contributed by atoms with Crippen LogP contribution in [-0.4, -0.2) is 64.1 Å². The number of carbonyl (C=O) groups excluding carboxylic acids is 1. The summed E-state index contributed by atoms with van der Waals surface area (Å²) in [6, 6.07) is 7.36. The van der Waals surface area contributed by atoms with Crippen LogP contribution in [0.3, 0.4) is 0 Å². The van der Waals surface area contributed by atoms with Gasteiger partial charge in [-0.2, -0.15) is 5.10 Å². The Morgan fingerprint density at radius 3 is 2.52 bits per heavy atom. The Balaban J connectivity index is 1.29. The molecule has 2 aliphatic rings. The van der Waals surface area contributed by atoms with Crippen molar-refractivity contribution in [1.82, 2.24) is 14.7 Å². The third-order valence-electron chi connectivity index (χ3n) is 5.54. The maximum Gasteiger partial charge on any atom is 0.338 e. The van der Waals surface area contributed by atoms with Crippen LogP contribution in [0.4, 0.5) is 0 Å². The maximum atomic E-state index is 12.8. The molecule has 0 spiro atoms. The number of carboxylic acid groups (broad SMARTS) is 1. The van der Waals surface area contributed by atoms with Crippen LogP contribution >= 0.6 is 0 Å². The summed E-state index contributed by atoms with van der Waals surface area (Å²) in [5.74, 6) is -0.239. The molecule has 1 N–H and O–H groups in total. The second-order valence-electron chi connectivity index (χ2n) is 7.51. The Kier molecular flexibility index (Phi) is 5.80. The van der Waals surface area contributed by atoms with Crippen LogP contribution in [0.15, 0.2) is 36.7 Å². The fourth-order valence-corrected chi connectivity index (χ4v) is 3.82. The molecule has 3 heterocycles. The van der Waals surface area contributed by atoms with Gasteiger partial charge in [0.15, 0.2) is 0 Å². The quantitative estimate of drug-likeness (QED) is 0.803. The lowest BCUT2D eigenvalue weighted by Gasteiger charge is -2.32. The molecular formula is C21H25N3O5. The van der Waals surface area contributed by atoms with Crippen molar-refractivity contribution in [2.45, 2.75) is 37.8 Å². The van der Waals surface area contributed by atoms with Gasteiger partial charge in [-0.25, -0.2) is 4.79 Å². The Labute approximate surface area is 169 Å². The van der Waals surface area contributed by atoms with Crippen LogP contribution in [0.2, 0.25) is 0 Å². The SMILES string of the molecule is O=C(O)c1cnn(C2CCN(C(=O)c3ccc(OCC4CCCO4)cc3)CC2)c1. The number of aromatic carboxylic acids is 1. The summed E-state index contributed by atoms with van der Waals surface area (Å²) in [5.41, 5.74) is 0.825. The Morgan fingerprint density at radius 2 is 1.90 bits per heavy atom. The molecule has 4 rings (SSSR count). The zero-order valence-electron chi connectivity index (χ0n) is 16.2. The number of ether oxygens (including phenoxy) is 2. The van der Waals surface area contributed by atoms with Crippen molar-refractivity contribution in [2.24, 2.45) is 0 Å². The van der Waals surface area contributed by atoms with E-state index in [0.29, 0.717) is 25.3 Å². The summed E-state index contributed by atoms with van der Waals surface area (Å²) in [6.45, 7) is 2.57. The number of hydrogen-bond donors (Lipinski definition) is 1. The zero-order chi connectivity index (χ0) is 20.2. The molecule has 2 fully saturated rings. The molecule has 0 saturated carbocycles. The molecule has 2 aliphatic heterocycles. The van der Waals surface area contributed by atoms with E-state index in [1.807, 2.05) is 17.0 Å². The lowest BCUT2D eigenvalue weighted by molar-refractivity contribution is 0.0674. The fraction of sp³-hybridized carbons (Fsp3) is 0.476. The average Bonchev–Trinajstić information content (AvgIpc) is 3.44. The van der Waals surface area contributed by atoms with Gasteiger partial charge in [-0.1, -0.05) is 0 Å². The zero-order valence-corrected chi connectivity index (χ0v) is 16.2. The number of carboxylic acids is 1. The summed E-state index contributed by atoms with van der Waals surface area (Å²) in [4.78, 5) is 25.6. The van der Waals surface area contributed by atoms with Gasteiger partial charge in [-0.15, -0.1) is 0 Å². The Morgan fingerprint density at radius 1 is 1.14 bits per heavy atom. The number of amides is 1. The van der Waals surface area contributed by atoms with Gasteiger partial charge >= 0.3 is 5.97 Å². The fourth-order valence-electron chi connectivity index (χ4n) is 3.82. The predicted molar refractivity (Wildman–Crippen MR) is 104 cm³/mol. The summed E-state index contributed by atoms with van der Waals surface area (Å²) < 4.78 is 13.0. The second kappa shape index (κ2) is 8.65. The van der Waals surface area contributed by atoms with Crippen molar-refractivity contribution in [3.63, 3.8) is 0 Å². The number of aromatic nitrogens is 2. The van der Waals surface area contributed by atoms with Crippen molar-refractivity contribution in [1.29, 1.82) is 0 Å². The third kappa shape index (κ3) is 4.59. The summed E-state index contributed by atoms with van der Waals surface area (Å²) >= 11 is 0. The summed E-state index contributed by atoms with van der Waals surface area (Å²) in [7, 11) is 0. The minimum Gasteiger partial charge on any atom is -0.491 e. The van der Waals surface area contributed by atoms with E-state index in [9.17, 15) is 9.59 Å². The van der Waals surface area contributed by atoms with Gasteiger partial charge < -0.3 is 19.5 Å².